The zero-order chi connectivity index (χ0) is 10.6. The molecule has 1 heterocycles. The molecular weight excluding hydrogens is 180 g/mol. The van der Waals surface area contributed by atoms with Crippen LogP contribution in [0.3, 0.4) is 0 Å². The van der Waals surface area contributed by atoms with Crippen LogP contribution in [-0.2, 0) is 0 Å². The number of rotatable bonds is 4. The highest BCUT2D eigenvalue weighted by Gasteiger charge is 2.14. The van der Waals surface area contributed by atoms with Crippen molar-refractivity contribution in [1.29, 1.82) is 0 Å². The average molecular weight is 196 g/mol. The van der Waals surface area contributed by atoms with Gasteiger partial charge in [0.1, 0.15) is 12.0 Å². The van der Waals surface area contributed by atoms with Crippen molar-refractivity contribution >= 4 is 5.91 Å². The first-order valence-corrected chi connectivity index (χ1v) is 4.73. The van der Waals surface area contributed by atoms with Gasteiger partial charge in [-0.05, 0) is 19.9 Å². The Hall–Kier alpha value is -1.29. The Labute approximate surface area is 83.7 Å². The van der Waals surface area contributed by atoms with Crippen molar-refractivity contribution in [2.75, 3.05) is 19.6 Å². The van der Waals surface area contributed by atoms with Gasteiger partial charge in [0, 0.05) is 19.6 Å². The molecule has 0 saturated carbocycles. The minimum absolute atomic E-state index is 0.0187. The normalized spacial score (nSPS) is 10.2. The van der Waals surface area contributed by atoms with Gasteiger partial charge in [0.15, 0.2) is 0 Å². The third kappa shape index (κ3) is 2.35. The molecule has 1 amide bonds. The molecule has 4 nitrogen and oxygen atoms in total. The summed E-state index contributed by atoms with van der Waals surface area (Å²) in [4.78, 5) is 13.5. The van der Waals surface area contributed by atoms with Crippen molar-refractivity contribution < 1.29 is 9.21 Å². The lowest BCUT2D eigenvalue weighted by Gasteiger charge is -2.18. The van der Waals surface area contributed by atoms with E-state index < -0.39 is 0 Å². The zero-order valence-corrected chi connectivity index (χ0v) is 8.62. The lowest BCUT2D eigenvalue weighted by atomic mass is 10.2. The van der Waals surface area contributed by atoms with Gasteiger partial charge < -0.3 is 15.1 Å². The van der Waals surface area contributed by atoms with Crippen LogP contribution in [-0.4, -0.2) is 30.4 Å². The standard InChI is InChI=1S/C10H16N2O2/c1-3-12(5-4-11)10(13)9-6-8(2)14-7-9/h6-7H,3-5,11H2,1-2H3. The summed E-state index contributed by atoms with van der Waals surface area (Å²) < 4.78 is 5.08. The molecule has 0 aliphatic rings. The maximum Gasteiger partial charge on any atom is 0.257 e. The van der Waals surface area contributed by atoms with E-state index in [1.165, 1.54) is 6.26 Å². The summed E-state index contributed by atoms with van der Waals surface area (Å²) in [5.74, 6) is 0.729. The van der Waals surface area contributed by atoms with Gasteiger partial charge in [-0.15, -0.1) is 0 Å². The first kappa shape index (κ1) is 10.8. The molecule has 0 radical (unpaired) electrons. The molecule has 0 atom stereocenters. The number of aryl methyl sites for hydroxylation is 1. The number of nitrogens with two attached hydrogens (primary N) is 1. The van der Waals surface area contributed by atoms with Crippen molar-refractivity contribution in [3.05, 3.63) is 23.7 Å². The van der Waals surface area contributed by atoms with Crippen LogP contribution >= 0.6 is 0 Å². The number of furan rings is 1. The molecule has 0 spiro atoms. The van der Waals surface area contributed by atoms with Crippen molar-refractivity contribution in [1.82, 2.24) is 4.90 Å². The van der Waals surface area contributed by atoms with Crippen LogP contribution in [0.25, 0.3) is 0 Å². The third-order valence-corrected chi connectivity index (χ3v) is 2.05. The molecule has 14 heavy (non-hydrogen) atoms. The Balaban J connectivity index is 2.72. The smallest absolute Gasteiger partial charge is 0.257 e. The van der Waals surface area contributed by atoms with Gasteiger partial charge in [-0.2, -0.15) is 0 Å². The van der Waals surface area contributed by atoms with E-state index in [1.807, 2.05) is 13.8 Å². The number of carbonyl (C=O) groups is 1. The highest BCUT2D eigenvalue weighted by Crippen LogP contribution is 2.09. The Morgan fingerprint density at radius 2 is 2.36 bits per heavy atom. The van der Waals surface area contributed by atoms with Crippen LogP contribution < -0.4 is 5.73 Å². The van der Waals surface area contributed by atoms with Crippen molar-refractivity contribution in [2.45, 2.75) is 13.8 Å². The molecule has 0 unspecified atom stereocenters. The number of nitrogens with zero attached hydrogens (tertiary/aromatic N) is 1. The number of hydrogen-bond acceptors (Lipinski definition) is 3. The van der Waals surface area contributed by atoms with E-state index in [2.05, 4.69) is 0 Å². The SMILES string of the molecule is CCN(CCN)C(=O)c1coc(C)c1. The van der Waals surface area contributed by atoms with Gasteiger partial charge in [-0.3, -0.25) is 4.79 Å². The summed E-state index contributed by atoms with van der Waals surface area (Å²) in [7, 11) is 0. The highest BCUT2D eigenvalue weighted by molar-refractivity contribution is 5.94. The second-order valence-electron chi connectivity index (χ2n) is 3.12. The summed E-state index contributed by atoms with van der Waals surface area (Å²) in [5.41, 5.74) is 6.00. The first-order chi connectivity index (χ1) is 6.69. The first-order valence-electron chi connectivity index (χ1n) is 4.73. The van der Waals surface area contributed by atoms with Crippen LogP contribution in [0, 0.1) is 6.92 Å². The maximum absolute atomic E-state index is 11.8. The van der Waals surface area contributed by atoms with E-state index in [0.29, 0.717) is 25.2 Å². The lowest BCUT2D eigenvalue weighted by molar-refractivity contribution is 0.0768. The van der Waals surface area contributed by atoms with Gasteiger partial charge in [-0.25, -0.2) is 0 Å². The highest BCUT2D eigenvalue weighted by atomic mass is 16.3. The van der Waals surface area contributed by atoms with Gasteiger partial charge in [-0.1, -0.05) is 0 Å². The molecule has 0 aliphatic heterocycles. The predicted octanol–water partition coefficient (Wildman–Crippen LogP) is 1.01. The van der Waals surface area contributed by atoms with Crippen LogP contribution in [0.1, 0.15) is 23.0 Å². The van der Waals surface area contributed by atoms with Crippen LogP contribution in [0.5, 0.6) is 0 Å². The summed E-state index contributed by atoms with van der Waals surface area (Å²) in [6.07, 6.45) is 1.48. The Bertz CT molecular complexity index is 307. The molecule has 1 rings (SSSR count). The van der Waals surface area contributed by atoms with E-state index in [0.717, 1.165) is 5.76 Å². The summed E-state index contributed by atoms with van der Waals surface area (Å²) in [6, 6.07) is 1.74. The maximum atomic E-state index is 11.8. The summed E-state index contributed by atoms with van der Waals surface area (Å²) in [5, 5.41) is 0. The topological polar surface area (TPSA) is 59.5 Å². The summed E-state index contributed by atoms with van der Waals surface area (Å²) >= 11 is 0. The van der Waals surface area contributed by atoms with E-state index in [9.17, 15) is 4.79 Å². The molecule has 1 aromatic heterocycles. The fraction of sp³-hybridized carbons (Fsp3) is 0.500. The van der Waals surface area contributed by atoms with E-state index >= 15 is 0 Å². The third-order valence-electron chi connectivity index (χ3n) is 2.05. The average Bonchev–Trinajstić information content (AvgIpc) is 2.60. The Kier molecular flexibility index (Phi) is 3.71. The second-order valence-corrected chi connectivity index (χ2v) is 3.12. The number of likely N-dealkylation sites (N-methyl/N-ethyl adjacent to an activating group) is 1. The van der Waals surface area contributed by atoms with E-state index in [4.69, 9.17) is 10.2 Å². The molecule has 2 N–H and O–H groups in total. The molecule has 4 heteroatoms. The van der Waals surface area contributed by atoms with E-state index in [1.54, 1.807) is 11.0 Å². The molecule has 0 aromatic carbocycles. The Morgan fingerprint density at radius 1 is 1.64 bits per heavy atom. The summed E-state index contributed by atoms with van der Waals surface area (Å²) in [6.45, 7) is 5.48. The molecule has 0 bridgehead atoms. The second kappa shape index (κ2) is 4.81. The van der Waals surface area contributed by atoms with Gasteiger partial charge in [0.2, 0.25) is 0 Å². The van der Waals surface area contributed by atoms with Crippen molar-refractivity contribution in [3.63, 3.8) is 0 Å². The Morgan fingerprint density at radius 3 is 2.79 bits per heavy atom. The van der Waals surface area contributed by atoms with Crippen molar-refractivity contribution in [2.24, 2.45) is 5.73 Å². The number of amides is 1. The largest absolute Gasteiger partial charge is 0.469 e. The predicted molar refractivity (Wildman–Crippen MR) is 54.1 cm³/mol. The fourth-order valence-corrected chi connectivity index (χ4v) is 1.30. The fourth-order valence-electron chi connectivity index (χ4n) is 1.30. The van der Waals surface area contributed by atoms with E-state index in [-0.39, 0.29) is 5.91 Å². The molecule has 78 valence electrons. The van der Waals surface area contributed by atoms with Crippen LogP contribution in [0.15, 0.2) is 16.7 Å². The number of hydrogen-bond donors (Lipinski definition) is 1. The molecular formula is C10H16N2O2. The monoisotopic (exact) mass is 196 g/mol. The zero-order valence-electron chi connectivity index (χ0n) is 8.62. The molecule has 1 aromatic rings. The number of carbonyl (C=O) groups excluding carboxylic acids is 1. The van der Waals surface area contributed by atoms with Gasteiger partial charge in [0.25, 0.3) is 5.91 Å². The minimum atomic E-state index is -0.0187. The molecule has 0 aliphatic carbocycles. The quantitative estimate of drug-likeness (QED) is 0.781. The lowest BCUT2D eigenvalue weighted by Crippen LogP contribution is -2.34. The molecule has 0 saturated heterocycles. The van der Waals surface area contributed by atoms with Crippen LogP contribution in [0.2, 0.25) is 0 Å². The molecule has 0 fully saturated rings. The minimum Gasteiger partial charge on any atom is -0.469 e. The van der Waals surface area contributed by atoms with Gasteiger partial charge >= 0.3 is 0 Å². The van der Waals surface area contributed by atoms with Crippen molar-refractivity contribution in [3.8, 4) is 0 Å². The van der Waals surface area contributed by atoms with Gasteiger partial charge in [0.05, 0.1) is 5.56 Å². The van der Waals surface area contributed by atoms with Crippen LogP contribution in [0.4, 0.5) is 0 Å².